The predicted molar refractivity (Wildman–Crippen MR) is 72.2 cm³/mol. The number of ether oxygens (including phenoxy) is 1. The Kier molecular flexibility index (Phi) is 5.75. The maximum Gasteiger partial charge on any atom is 0.191 e. The first-order chi connectivity index (χ1) is 8.17. The first kappa shape index (κ1) is 14.3. The van der Waals surface area contributed by atoms with Gasteiger partial charge in [-0.25, -0.2) is 0 Å². The molecule has 1 rings (SSSR count). The lowest BCUT2D eigenvalue weighted by Crippen LogP contribution is -2.37. The molecule has 0 spiro atoms. The van der Waals surface area contributed by atoms with Crippen molar-refractivity contribution >= 4 is 5.96 Å². The Bertz CT molecular complexity index is 245. The minimum absolute atomic E-state index is 0.396. The lowest BCUT2D eigenvalue weighted by atomic mass is 10.0. The van der Waals surface area contributed by atoms with Gasteiger partial charge in [0.25, 0.3) is 0 Å². The topological polar surface area (TPSA) is 50.9 Å². The van der Waals surface area contributed by atoms with E-state index >= 15 is 0 Å². The van der Waals surface area contributed by atoms with Gasteiger partial charge in [-0.15, -0.1) is 0 Å². The summed E-state index contributed by atoms with van der Waals surface area (Å²) in [5, 5.41) is 0. The summed E-state index contributed by atoms with van der Waals surface area (Å²) in [5.41, 5.74) is 6.37. The molecule has 0 bridgehead atoms. The summed E-state index contributed by atoms with van der Waals surface area (Å²) >= 11 is 0. The van der Waals surface area contributed by atoms with Crippen LogP contribution in [0.2, 0.25) is 0 Å². The molecule has 4 heteroatoms. The van der Waals surface area contributed by atoms with E-state index in [4.69, 9.17) is 10.5 Å². The van der Waals surface area contributed by atoms with Crippen molar-refractivity contribution in [1.29, 1.82) is 0 Å². The molecule has 1 aliphatic rings. The summed E-state index contributed by atoms with van der Waals surface area (Å²) < 4.78 is 5.42. The Labute approximate surface area is 105 Å². The van der Waals surface area contributed by atoms with Crippen molar-refractivity contribution in [3.8, 4) is 0 Å². The van der Waals surface area contributed by atoms with Crippen molar-refractivity contribution in [3.63, 3.8) is 0 Å². The summed E-state index contributed by atoms with van der Waals surface area (Å²) in [6.45, 7) is 10.6. The van der Waals surface area contributed by atoms with Crippen LogP contribution in [-0.4, -0.2) is 43.7 Å². The molecule has 17 heavy (non-hydrogen) atoms. The van der Waals surface area contributed by atoms with Gasteiger partial charge in [-0.1, -0.05) is 0 Å². The standard InChI is InChI=1S/C13H27N3O/c1-4-16(5-2)12(14)15-11-13(7-8-13)9-10-17-6-3/h4-11H2,1-3H3,(H2,14,15). The van der Waals surface area contributed by atoms with Crippen LogP contribution < -0.4 is 5.73 Å². The Hall–Kier alpha value is -0.770. The van der Waals surface area contributed by atoms with E-state index in [0.717, 1.165) is 39.3 Å². The van der Waals surface area contributed by atoms with Gasteiger partial charge in [0.05, 0.1) is 0 Å². The van der Waals surface area contributed by atoms with E-state index < -0.39 is 0 Å². The normalized spacial score (nSPS) is 18.2. The number of aliphatic imine (C=N–C) groups is 1. The van der Waals surface area contributed by atoms with Crippen LogP contribution in [0.5, 0.6) is 0 Å². The summed E-state index contributed by atoms with van der Waals surface area (Å²) in [6, 6.07) is 0. The number of hydrogen-bond acceptors (Lipinski definition) is 2. The van der Waals surface area contributed by atoms with Crippen LogP contribution >= 0.6 is 0 Å². The van der Waals surface area contributed by atoms with E-state index in [-0.39, 0.29) is 0 Å². The van der Waals surface area contributed by atoms with E-state index in [1.165, 1.54) is 12.8 Å². The van der Waals surface area contributed by atoms with Crippen LogP contribution in [0.3, 0.4) is 0 Å². The smallest absolute Gasteiger partial charge is 0.191 e. The fourth-order valence-electron chi connectivity index (χ4n) is 1.99. The molecule has 0 heterocycles. The van der Waals surface area contributed by atoms with Gasteiger partial charge in [0.1, 0.15) is 0 Å². The van der Waals surface area contributed by atoms with E-state index in [1.54, 1.807) is 0 Å². The number of nitrogens with two attached hydrogens (primary N) is 1. The SMILES string of the molecule is CCOCCC1(CN=C(N)N(CC)CC)CC1. The molecular formula is C13H27N3O. The quantitative estimate of drug-likeness (QED) is 0.401. The Morgan fingerprint density at radius 3 is 2.41 bits per heavy atom. The molecule has 1 fully saturated rings. The largest absolute Gasteiger partial charge is 0.382 e. The van der Waals surface area contributed by atoms with Gasteiger partial charge in [0, 0.05) is 32.8 Å². The summed E-state index contributed by atoms with van der Waals surface area (Å²) in [6.07, 6.45) is 3.67. The average Bonchev–Trinajstić information content (AvgIpc) is 3.09. The zero-order valence-electron chi connectivity index (χ0n) is 11.5. The van der Waals surface area contributed by atoms with E-state index in [9.17, 15) is 0 Å². The first-order valence-corrected chi connectivity index (χ1v) is 6.80. The van der Waals surface area contributed by atoms with Crippen LogP contribution in [-0.2, 0) is 4.74 Å². The molecule has 100 valence electrons. The summed E-state index contributed by atoms with van der Waals surface area (Å²) in [7, 11) is 0. The maximum absolute atomic E-state index is 5.97. The van der Waals surface area contributed by atoms with E-state index in [1.807, 2.05) is 6.92 Å². The first-order valence-electron chi connectivity index (χ1n) is 6.80. The van der Waals surface area contributed by atoms with Crippen LogP contribution in [0, 0.1) is 5.41 Å². The Morgan fingerprint density at radius 2 is 1.94 bits per heavy atom. The van der Waals surface area contributed by atoms with Crippen LogP contribution in [0.1, 0.15) is 40.0 Å². The Morgan fingerprint density at radius 1 is 1.29 bits per heavy atom. The zero-order valence-corrected chi connectivity index (χ0v) is 11.5. The fraction of sp³-hybridized carbons (Fsp3) is 0.923. The molecule has 2 N–H and O–H groups in total. The second-order valence-corrected chi connectivity index (χ2v) is 4.79. The molecule has 0 aromatic heterocycles. The lowest BCUT2D eigenvalue weighted by Gasteiger charge is -2.20. The van der Waals surface area contributed by atoms with Gasteiger partial charge in [0.15, 0.2) is 5.96 Å². The molecule has 0 aromatic rings. The molecule has 1 aliphatic carbocycles. The third-order valence-electron chi connectivity index (χ3n) is 3.60. The molecule has 0 saturated heterocycles. The molecule has 0 aromatic carbocycles. The molecule has 4 nitrogen and oxygen atoms in total. The monoisotopic (exact) mass is 241 g/mol. The molecule has 0 amide bonds. The van der Waals surface area contributed by atoms with Gasteiger partial charge < -0.3 is 15.4 Å². The summed E-state index contributed by atoms with van der Waals surface area (Å²) in [4.78, 5) is 6.64. The van der Waals surface area contributed by atoms with Crippen molar-refractivity contribution in [1.82, 2.24) is 4.90 Å². The minimum Gasteiger partial charge on any atom is -0.382 e. The molecule has 0 atom stereocenters. The molecule has 1 saturated carbocycles. The highest BCUT2D eigenvalue weighted by atomic mass is 16.5. The maximum atomic E-state index is 5.97. The average molecular weight is 241 g/mol. The number of guanidine groups is 1. The number of rotatable bonds is 8. The highest BCUT2D eigenvalue weighted by Gasteiger charge is 2.41. The summed E-state index contributed by atoms with van der Waals surface area (Å²) in [5.74, 6) is 0.692. The highest BCUT2D eigenvalue weighted by molar-refractivity contribution is 5.78. The van der Waals surface area contributed by atoms with Gasteiger partial charge in [-0.3, -0.25) is 4.99 Å². The predicted octanol–water partition coefficient (Wildman–Crippen LogP) is 1.85. The van der Waals surface area contributed by atoms with Crippen molar-refractivity contribution in [2.45, 2.75) is 40.0 Å². The van der Waals surface area contributed by atoms with Gasteiger partial charge in [-0.05, 0) is 45.4 Å². The second-order valence-electron chi connectivity index (χ2n) is 4.79. The van der Waals surface area contributed by atoms with Crippen LogP contribution in [0.25, 0.3) is 0 Å². The van der Waals surface area contributed by atoms with Crippen molar-refractivity contribution in [2.75, 3.05) is 32.8 Å². The Balaban J connectivity index is 2.35. The highest BCUT2D eigenvalue weighted by Crippen LogP contribution is 2.48. The lowest BCUT2D eigenvalue weighted by molar-refractivity contribution is 0.129. The molecule has 0 radical (unpaired) electrons. The van der Waals surface area contributed by atoms with Crippen LogP contribution in [0.4, 0.5) is 0 Å². The number of nitrogens with zero attached hydrogens (tertiary/aromatic N) is 2. The molecule has 0 unspecified atom stereocenters. The minimum atomic E-state index is 0.396. The van der Waals surface area contributed by atoms with E-state index in [0.29, 0.717) is 11.4 Å². The third kappa shape index (κ3) is 4.54. The molecule has 0 aliphatic heterocycles. The molecular weight excluding hydrogens is 214 g/mol. The van der Waals surface area contributed by atoms with Gasteiger partial charge in [-0.2, -0.15) is 0 Å². The van der Waals surface area contributed by atoms with E-state index in [2.05, 4.69) is 23.7 Å². The van der Waals surface area contributed by atoms with Crippen molar-refractivity contribution < 1.29 is 4.74 Å². The van der Waals surface area contributed by atoms with Crippen LogP contribution in [0.15, 0.2) is 4.99 Å². The zero-order chi connectivity index (χ0) is 12.7. The number of hydrogen-bond donors (Lipinski definition) is 1. The van der Waals surface area contributed by atoms with Crippen molar-refractivity contribution in [3.05, 3.63) is 0 Å². The third-order valence-corrected chi connectivity index (χ3v) is 3.60. The van der Waals surface area contributed by atoms with Gasteiger partial charge in [0.2, 0.25) is 0 Å². The second kappa shape index (κ2) is 6.84. The van der Waals surface area contributed by atoms with Crippen molar-refractivity contribution in [2.24, 2.45) is 16.1 Å². The van der Waals surface area contributed by atoms with Gasteiger partial charge >= 0.3 is 0 Å². The fourth-order valence-corrected chi connectivity index (χ4v) is 1.99.